The highest BCUT2D eigenvalue weighted by Gasteiger charge is 2.21. The van der Waals surface area contributed by atoms with Crippen LogP contribution in [0.15, 0.2) is 42.5 Å². The molecule has 3 rings (SSSR count). The third kappa shape index (κ3) is 4.47. The molecule has 0 unspecified atom stereocenters. The van der Waals surface area contributed by atoms with E-state index < -0.39 is 0 Å². The molecule has 2 amide bonds. The highest BCUT2D eigenvalue weighted by Crippen LogP contribution is 2.24. The number of aryl methyl sites for hydroxylation is 1. The van der Waals surface area contributed by atoms with Crippen LogP contribution in [0.2, 0.25) is 5.02 Å². The molecule has 26 heavy (non-hydrogen) atoms. The van der Waals surface area contributed by atoms with Crippen molar-refractivity contribution in [1.29, 1.82) is 0 Å². The van der Waals surface area contributed by atoms with Crippen molar-refractivity contribution < 1.29 is 9.18 Å². The second kappa shape index (κ2) is 8.41. The van der Waals surface area contributed by atoms with Gasteiger partial charge in [-0.25, -0.2) is 9.18 Å². The summed E-state index contributed by atoms with van der Waals surface area (Å²) < 4.78 is 13.6. The zero-order valence-corrected chi connectivity index (χ0v) is 15.6. The molecular formula is C20H23ClFN3O. The van der Waals surface area contributed by atoms with Gasteiger partial charge in [0.05, 0.1) is 0 Å². The maximum Gasteiger partial charge on any atom is 0.317 e. The van der Waals surface area contributed by atoms with Crippen LogP contribution in [0.3, 0.4) is 0 Å². The minimum Gasteiger partial charge on any atom is -0.368 e. The Hall–Kier alpha value is -2.27. The molecule has 4 nitrogen and oxygen atoms in total. The lowest BCUT2D eigenvalue weighted by Gasteiger charge is -2.36. The van der Waals surface area contributed by atoms with Crippen molar-refractivity contribution in [1.82, 2.24) is 10.2 Å². The number of nitrogens with one attached hydrogen (secondary N) is 1. The van der Waals surface area contributed by atoms with Crippen LogP contribution in [0.4, 0.5) is 14.9 Å². The number of hydrogen-bond acceptors (Lipinski definition) is 2. The molecular weight excluding hydrogens is 353 g/mol. The van der Waals surface area contributed by atoms with Crippen LogP contribution in [-0.2, 0) is 6.42 Å². The van der Waals surface area contributed by atoms with Crippen molar-refractivity contribution in [2.45, 2.75) is 13.3 Å². The number of amides is 2. The van der Waals surface area contributed by atoms with Gasteiger partial charge in [-0.3, -0.25) is 0 Å². The molecule has 0 aromatic heterocycles. The average Bonchev–Trinajstić information content (AvgIpc) is 2.63. The largest absolute Gasteiger partial charge is 0.368 e. The van der Waals surface area contributed by atoms with Gasteiger partial charge in [-0.2, -0.15) is 0 Å². The zero-order chi connectivity index (χ0) is 18.5. The van der Waals surface area contributed by atoms with Crippen LogP contribution >= 0.6 is 11.6 Å². The summed E-state index contributed by atoms with van der Waals surface area (Å²) in [5.74, 6) is -0.228. The Morgan fingerprint density at radius 3 is 2.58 bits per heavy atom. The Bertz CT molecular complexity index is 775. The van der Waals surface area contributed by atoms with E-state index in [1.165, 1.54) is 6.07 Å². The molecule has 1 N–H and O–H groups in total. The lowest BCUT2D eigenvalue weighted by Crippen LogP contribution is -2.52. The van der Waals surface area contributed by atoms with Gasteiger partial charge in [0.1, 0.15) is 5.82 Å². The molecule has 2 aromatic carbocycles. The third-order valence-electron chi connectivity index (χ3n) is 4.69. The highest BCUT2D eigenvalue weighted by atomic mass is 35.5. The van der Waals surface area contributed by atoms with E-state index in [2.05, 4.69) is 10.2 Å². The van der Waals surface area contributed by atoms with E-state index in [1.54, 1.807) is 18.2 Å². The molecule has 0 aliphatic carbocycles. The molecule has 0 saturated carbocycles. The molecule has 2 aromatic rings. The van der Waals surface area contributed by atoms with Crippen molar-refractivity contribution in [3.05, 3.63) is 64.4 Å². The minimum atomic E-state index is -0.228. The number of anilines is 1. The molecule has 1 fully saturated rings. The van der Waals surface area contributed by atoms with E-state index in [-0.39, 0.29) is 11.8 Å². The van der Waals surface area contributed by atoms with Crippen LogP contribution in [0, 0.1) is 12.7 Å². The summed E-state index contributed by atoms with van der Waals surface area (Å²) in [5.41, 5.74) is 2.92. The first-order valence-electron chi connectivity index (χ1n) is 8.82. The standard InChI is InChI=1S/C20H23ClFN3O/c1-15-14-17(21)6-7-19(15)24-10-12-25(13-11-24)20(26)23-9-8-16-4-2-3-5-18(16)22/h2-7,14H,8-13H2,1H3,(H,23,26). The van der Waals surface area contributed by atoms with Gasteiger partial charge in [-0.15, -0.1) is 0 Å². The van der Waals surface area contributed by atoms with Gasteiger partial charge in [0.2, 0.25) is 0 Å². The monoisotopic (exact) mass is 375 g/mol. The van der Waals surface area contributed by atoms with Crippen molar-refractivity contribution in [2.75, 3.05) is 37.6 Å². The number of halogens is 2. The predicted molar refractivity (Wildman–Crippen MR) is 103 cm³/mol. The predicted octanol–water partition coefficient (Wildman–Crippen LogP) is 3.86. The maximum absolute atomic E-state index is 13.6. The van der Waals surface area contributed by atoms with E-state index in [9.17, 15) is 9.18 Å². The fourth-order valence-corrected chi connectivity index (χ4v) is 3.47. The number of rotatable bonds is 4. The molecule has 1 saturated heterocycles. The Balaban J connectivity index is 1.47. The second-order valence-electron chi connectivity index (χ2n) is 6.48. The zero-order valence-electron chi connectivity index (χ0n) is 14.8. The minimum absolute atomic E-state index is 0.0891. The van der Waals surface area contributed by atoms with E-state index in [0.29, 0.717) is 31.6 Å². The SMILES string of the molecule is Cc1cc(Cl)ccc1N1CCN(C(=O)NCCc2ccccc2F)CC1. The van der Waals surface area contributed by atoms with E-state index >= 15 is 0 Å². The summed E-state index contributed by atoms with van der Waals surface area (Å²) in [6, 6.07) is 12.4. The van der Waals surface area contributed by atoms with Gasteiger partial charge < -0.3 is 15.1 Å². The van der Waals surface area contributed by atoms with E-state index in [4.69, 9.17) is 11.6 Å². The molecule has 0 atom stereocenters. The van der Waals surface area contributed by atoms with Crippen LogP contribution in [0.25, 0.3) is 0 Å². The van der Waals surface area contributed by atoms with Crippen LogP contribution in [0.5, 0.6) is 0 Å². The molecule has 0 radical (unpaired) electrons. The van der Waals surface area contributed by atoms with Crippen LogP contribution in [0.1, 0.15) is 11.1 Å². The number of carbonyl (C=O) groups is 1. The molecule has 1 aliphatic rings. The maximum atomic E-state index is 13.6. The van der Waals surface area contributed by atoms with Gasteiger partial charge >= 0.3 is 6.03 Å². The van der Waals surface area contributed by atoms with Crippen molar-refractivity contribution in [3.8, 4) is 0 Å². The number of carbonyl (C=O) groups excluding carboxylic acids is 1. The van der Waals surface area contributed by atoms with E-state index in [0.717, 1.165) is 29.4 Å². The quantitative estimate of drug-likeness (QED) is 0.880. The lowest BCUT2D eigenvalue weighted by molar-refractivity contribution is 0.194. The first-order valence-corrected chi connectivity index (χ1v) is 9.19. The summed E-state index contributed by atoms with van der Waals surface area (Å²) in [6.07, 6.45) is 0.488. The van der Waals surface area contributed by atoms with Crippen molar-refractivity contribution in [3.63, 3.8) is 0 Å². The summed E-state index contributed by atoms with van der Waals surface area (Å²) >= 11 is 6.02. The Morgan fingerprint density at radius 1 is 1.15 bits per heavy atom. The lowest BCUT2D eigenvalue weighted by atomic mass is 10.1. The first-order chi connectivity index (χ1) is 12.5. The number of urea groups is 1. The summed E-state index contributed by atoms with van der Waals surface area (Å²) in [7, 11) is 0. The average molecular weight is 376 g/mol. The fourth-order valence-electron chi connectivity index (χ4n) is 3.24. The normalized spacial score (nSPS) is 14.4. The van der Waals surface area contributed by atoms with Gasteiger partial charge in [-0.1, -0.05) is 29.8 Å². The van der Waals surface area contributed by atoms with Gasteiger partial charge in [0, 0.05) is 43.4 Å². The summed E-state index contributed by atoms with van der Waals surface area (Å²) in [5, 5.41) is 3.62. The Morgan fingerprint density at radius 2 is 1.88 bits per heavy atom. The molecule has 1 heterocycles. The first kappa shape index (κ1) is 18.5. The number of benzene rings is 2. The van der Waals surface area contributed by atoms with Crippen LogP contribution < -0.4 is 10.2 Å². The van der Waals surface area contributed by atoms with Gasteiger partial charge in [-0.05, 0) is 48.7 Å². The van der Waals surface area contributed by atoms with Crippen LogP contribution in [-0.4, -0.2) is 43.7 Å². The van der Waals surface area contributed by atoms with Crippen molar-refractivity contribution >= 4 is 23.3 Å². The molecule has 138 valence electrons. The fraction of sp³-hybridized carbons (Fsp3) is 0.350. The summed E-state index contributed by atoms with van der Waals surface area (Å²) in [4.78, 5) is 16.4. The number of hydrogen-bond donors (Lipinski definition) is 1. The van der Waals surface area contributed by atoms with Gasteiger partial charge in [0.25, 0.3) is 0 Å². The Kier molecular flexibility index (Phi) is 5.99. The second-order valence-corrected chi connectivity index (χ2v) is 6.91. The molecule has 1 aliphatic heterocycles. The highest BCUT2D eigenvalue weighted by molar-refractivity contribution is 6.30. The molecule has 6 heteroatoms. The summed E-state index contributed by atoms with van der Waals surface area (Å²) in [6.45, 7) is 5.35. The molecule has 0 spiro atoms. The van der Waals surface area contributed by atoms with E-state index in [1.807, 2.05) is 30.0 Å². The van der Waals surface area contributed by atoms with Crippen molar-refractivity contribution in [2.24, 2.45) is 0 Å². The Labute approximate surface area is 158 Å². The third-order valence-corrected chi connectivity index (χ3v) is 4.93. The molecule has 0 bridgehead atoms. The smallest absolute Gasteiger partial charge is 0.317 e. The number of nitrogens with zero attached hydrogens (tertiary/aromatic N) is 2. The number of piperazine rings is 1. The van der Waals surface area contributed by atoms with Gasteiger partial charge in [0.15, 0.2) is 0 Å². The topological polar surface area (TPSA) is 35.6 Å².